The van der Waals surface area contributed by atoms with Crippen LogP contribution in [0, 0.1) is 0 Å². The summed E-state index contributed by atoms with van der Waals surface area (Å²) in [6.07, 6.45) is 9.15. The van der Waals surface area contributed by atoms with Crippen molar-refractivity contribution in [1.82, 2.24) is 24.6 Å². The molecule has 3 heterocycles. The lowest BCUT2D eigenvalue weighted by molar-refractivity contribution is -0.121. The molecule has 1 saturated carbocycles. The van der Waals surface area contributed by atoms with Crippen LogP contribution in [0.1, 0.15) is 37.3 Å². The number of hydrogen-bond donors (Lipinski definition) is 1. The molecule has 1 N–H and O–H groups in total. The highest BCUT2D eigenvalue weighted by Crippen LogP contribution is 2.28. The second kappa shape index (κ2) is 9.02. The third-order valence-electron chi connectivity index (χ3n) is 6.52. The lowest BCUT2D eigenvalue weighted by Crippen LogP contribution is -2.40. The highest BCUT2D eigenvalue weighted by atomic mass is 16.1. The van der Waals surface area contributed by atoms with Gasteiger partial charge in [0.2, 0.25) is 5.91 Å². The Kier molecular flexibility index (Phi) is 5.77. The molecule has 5 rings (SSSR count). The molecule has 1 fully saturated rings. The lowest BCUT2D eigenvalue weighted by Gasteiger charge is -2.29. The molecule has 0 bridgehead atoms. The molecule has 4 aromatic rings. The first-order valence-electron chi connectivity index (χ1n) is 11.4. The predicted octanol–water partition coefficient (Wildman–Crippen LogP) is 3.64. The van der Waals surface area contributed by atoms with E-state index in [1.807, 2.05) is 37.5 Å². The van der Waals surface area contributed by atoms with E-state index in [4.69, 9.17) is 0 Å². The average molecular weight is 442 g/mol. The number of nitrogens with zero attached hydrogens (tertiary/aromatic N) is 4. The second-order valence-electron chi connectivity index (χ2n) is 8.78. The van der Waals surface area contributed by atoms with E-state index in [0.717, 1.165) is 53.4 Å². The van der Waals surface area contributed by atoms with Crippen LogP contribution in [0.5, 0.6) is 0 Å². The molecule has 1 aliphatic carbocycles. The van der Waals surface area contributed by atoms with Crippen LogP contribution in [0.15, 0.2) is 71.9 Å². The third kappa shape index (κ3) is 4.44. The molecule has 168 valence electrons. The van der Waals surface area contributed by atoms with Crippen LogP contribution >= 0.6 is 0 Å². The Morgan fingerprint density at radius 3 is 2.67 bits per heavy atom. The van der Waals surface area contributed by atoms with Gasteiger partial charge in [0.25, 0.3) is 5.56 Å². The first kappa shape index (κ1) is 21.1. The highest BCUT2D eigenvalue weighted by molar-refractivity contribution is 5.89. The Hall–Kier alpha value is -3.74. The van der Waals surface area contributed by atoms with Gasteiger partial charge >= 0.3 is 0 Å². The van der Waals surface area contributed by atoms with Gasteiger partial charge in [0.15, 0.2) is 0 Å². The zero-order chi connectivity index (χ0) is 22.8. The van der Waals surface area contributed by atoms with Crippen LogP contribution in [-0.2, 0) is 18.3 Å². The summed E-state index contributed by atoms with van der Waals surface area (Å²) in [5.41, 5.74) is 3.72. The Morgan fingerprint density at radius 2 is 1.88 bits per heavy atom. The summed E-state index contributed by atoms with van der Waals surface area (Å²) in [7, 11) is 2.00. The fourth-order valence-electron chi connectivity index (χ4n) is 4.84. The van der Waals surface area contributed by atoms with Crippen molar-refractivity contribution in [3.05, 3.63) is 83.0 Å². The number of rotatable bonds is 5. The van der Waals surface area contributed by atoms with Gasteiger partial charge in [0.05, 0.1) is 18.2 Å². The number of hydrogen-bond acceptors (Lipinski definition) is 4. The van der Waals surface area contributed by atoms with E-state index in [-0.39, 0.29) is 23.6 Å². The summed E-state index contributed by atoms with van der Waals surface area (Å²) in [6.45, 7) is 0. The van der Waals surface area contributed by atoms with Crippen LogP contribution in [-0.4, -0.2) is 31.3 Å². The molecule has 0 aliphatic heterocycles. The van der Waals surface area contributed by atoms with Gasteiger partial charge in [-0.25, -0.2) is 4.68 Å². The van der Waals surface area contributed by atoms with Gasteiger partial charge in [0.1, 0.15) is 0 Å². The molecule has 7 heteroatoms. The van der Waals surface area contributed by atoms with Crippen molar-refractivity contribution in [2.75, 3.05) is 0 Å². The van der Waals surface area contributed by atoms with E-state index in [1.165, 1.54) is 0 Å². The zero-order valence-electron chi connectivity index (χ0n) is 18.6. The molecular formula is C26H27N5O2. The molecule has 0 atom stereocenters. The maximum absolute atomic E-state index is 12.7. The van der Waals surface area contributed by atoms with Crippen molar-refractivity contribution in [2.45, 2.75) is 44.2 Å². The number of nitrogens with one attached hydrogen (secondary N) is 1. The van der Waals surface area contributed by atoms with Gasteiger partial charge in [-0.15, -0.1) is 0 Å². The molecule has 33 heavy (non-hydrogen) atoms. The summed E-state index contributed by atoms with van der Waals surface area (Å²) >= 11 is 0. The molecule has 1 amide bonds. The Morgan fingerprint density at radius 1 is 1.06 bits per heavy atom. The molecule has 0 spiro atoms. The van der Waals surface area contributed by atoms with Crippen LogP contribution in [0.25, 0.3) is 22.2 Å². The molecule has 0 unspecified atom stereocenters. The van der Waals surface area contributed by atoms with Crippen molar-refractivity contribution < 1.29 is 4.79 Å². The number of aromatic nitrogens is 4. The van der Waals surface area contributed by atoms with Crippen LogP contribution < -0.4 is 10.9 Å². The number of carbonyl (C=O) groups is 1. The molecule has 0 radical (unpaired) electrons. The van der Waals surface area contributed by atoms with Crippen LogP contribution in [0.3, 0.4) is 0 Å². The first-order chi connectivity index (χ1) is 16.1. The largest absolute Gasteiger partial charge is 0.353 e. The molecular weight excluding hydrogens is 414 g/mol. The number of carbonyl (C=O) groups excluding carboxylic acids is 1. The van der Waals surface area contributed by atoms with E-state index < -0.39 is 0 Å². The van der Waals surface area contributed by atoms with Gasteiger partial charge in [-0.1, -0.05) is 18.2 Å². The SMILES string of the molecule is Cn1cc(CC(=O)NC2CCC(n3nc(-c4cccnc4)ccc3=O)CC2)c2ccccc21. The van der Waals surface area contributed by atoms with Gasteiger partial charge in [0, 0.05) is 54.2 Å². The topological polar surface area (TPSA) is 81.8 Å². The lowest BCUT2D eigenvalue weighted by atomic mass is 9.91. The van der Waals surface area contributed by atoms with Gasteiger partial charge in [-0.05, 0) is 55.5 Å². The minimum Gasteiger partial charge on any atom is -0.353 e. The standard InChI is InChI=1S/C26H27N5O2/c1-30-17-19(22-6-2-3-7-24(22)30)15-25(32)28-20-8-10-21(11-9-20)31-26(33)13-12-23(29-31)18-5-4-14-27-16-18/h2-7,12-14,16-17,20-21H,8-11,15H2,1H3,(H,28,32). The predicted molar refractivity (Wildman–Crippen MR) is 128 cm³/mol. The van der Waals surface area contributed by atoms with Crippen molar-refractivity contribution in [2.24, 2.45) is 7.05 Å². The minimum absolute atomic E-state index is 0.0420. The van der Waals surface area contributed by atoms with E-state index >= 15 is 0 Å². The maximum atomic E-state index is 12.7. The Labute approximate surface area is 192 Å². The van der Waals surface area contributed by atoms with E-state index in [1.54, 1.807) is 29.2 Å². The first-order valence-corrected chi connectivity index (χ1v) is 11.4. The molecule has 1 aliphatic rings. The third-order valence-corrected chi connectivity index (χ3v) is 6.52. The fourth-order valence-corrected chi connectivity index (χ4v) is 4.84. The summed E-state index contributed by atoms with van der Waals surface area (Å²) in [5.74, 6) is 0.0451. The fraction of sp³-hybridized carbons (Fsp3) is 0.308. The number of pyridine rings is 1. The van der Waals surface area contributed by atoms with Crippen molar-refractivity contribution in [1.29, 1.82) is 0 Å². The van der Waals surface area contributed by atoms with Crippen molar-refractivity contribution >= 4 is 16.8 Å². The second-order valence-corrected chi connectivity index (χ2v) is 8.78. The number of amides is 1. The van der Waals surface area contributed by atoms with Gasteiger partial charge < -0.3 is 9.88 Å². The van der Waals surface area contributed by atoms with Crippen LogP contribution in [0.4, 0.5) is 0 Å². The average Bonchev–Trinajstić information content (AvgIpc) is 3.16. The molecule has 3 aromatic heterocycles. The highest BCUT2D eigenvalue weighted by Gasteiger charge is 2.25. The number of aryl methyl sites for hydroxylation is 1. The number of fused-ring (bicyclic) bond motifs is 1. The van der Waals surface area contributed by atoms with Gasteiger partial charge in [-0.2, -0.15) is 5.10 Å². The normalized spacial score (nSPS) is 18.3. The van der Waals surface area contributed by atoms with E-state index in [2.05, 4.69) is 32.1 Å². The van der Waals surface area contributed by atoms with E-state index in [0.29, 0.717) is 6.42 Å². The monoisotopic (exact) mass is 441 g/mol. The summed E-state index contributed by atoms with van der Waals surface area (Å²) in [4.78, 5) is 29.4. The van der Waals surface area contributed by atoms with Crippen LogP contribution in [0.2, 0.25) is 0 Å². The smallest absolute Gasteiger partial charge is 0.267 e. The maximum Gasteiger partial charge on any atom is 0.267 e. The van der Waals surface area contributed by atoms with Crippen molar-refractivity contribution in [3.63, 3.8) is 0 Å². The van der Waals surface area contributed by atoms with Crippen molar-refractivity contribution in [3.8, 4) is 11.3 Å². The quantitative estimate of drug-likeness (QED) is 0.513. The number of benzene rings is 1. The molecule has 1 aromatic carbocycles. The zero-order valence-corrected chi connectivity index (χ0v) is 18.6. The number of para-hydroxylation sites is 1. The molecule has 0 saturated heterocycles. The van der Waals surface area contributed by atoms with E-state index in [9.17, 15) is 9.59 Å². The Bertz CT molecular complexity index is 1330. The molecule has 7 nitrogen and oxygen atoms in total. The summed E-state index contributed by atoms with van der Waals surface area (Å²) in [5, 5.41) is 8.94. The Balaban J connectivity index is 1.22. The summed E-state index contributed by atoms with van der Waals surface area (Å²) in [6, 6.07) is 15.4. The minimum atomic E-state index is -0.0916. The van der Waals surface area contributed by atoms with Gasteiger partial charge in [-0.3, -0.25) is 14.6 Å². The summed E-state index contributed by atoms with van der Waals surface area (Å²) < 4.78 is 3.67.